The molecule has 1 amide bonds. The number of piperidine rings is 1. The summed E-state index contributed by atoms with van der Waals surface area (Å²) in [6.45, 7) is 3.39. The molecule has 3 heterocycles. The van der Waals surface area contributed by atoms with Crippen LogP contribution >= 0.6 is 11.8 Å². The van der Waals surface area contributed by atoms with Crippen molar-refractivity contribution in [3.05, 3.63) is 24.3 Å². The van der Waals surface area contributed by atoms with Crippen LogP contribution in [0.2, 0.25) is 0 Å². The molecule has 1 aliphatic heterocycles. The third-order valence-corrected chi connectivity index (χ3v) is 5.72. The summed E-state index contributed by atoms with van der Waals surface area (Å²) in [4.78, 5) is 30.7. The summed E-state index contributed by atoms with van der Waals surface area (Å²) in [7, 11) is 0. The minimum atomic E-state index is -0.148. The topological polar surface area (TPSA) is 92.6 Å². The van der Waals surface area contributed by atoms with Crippen molar-refractivity contribution in [2.75, 3.05) is 25.4 Å². The quantitative estimate of drug-likeness (QED) is 0.532. The molecule has 0 radical (unpaired) electrons. The van der Waals surface area contributed by atoms with Gasteiger partial charge in [-0.3, -0.25) is 14.0 Å². The second-order valence-corrected chi connectivity index (χ2v) is 7.40. The van der Waals surface area contributed by atoms with Gasteiger partial charge in [0.05, 0.1) is 29.3 Å². The van der Waals surface area contributed by atoms with Crippen molar-refractivity contribution >= 4 is 40.4 Å². The maximum absolute atomic E-state index is 12.6. The van der Waals surface area contributed by atoms with Crippen molar-refractivity contribution in [2.24, 2.45) is 5.92 Å². The lowest BCUT2D eigenvalue weighted by Gasteiger charge is -2.30. The minimum Gasteiger partial charge on any atom is -0.466 e. The Kier molecular flexibility index (Phi) is 5.02. The lowest BCUT2D eigenvalue weighted by atomic mass is 9.97. The first-order valence-electron chi connectivity index (χ1n) is 9.06. The maximum Gasteiger partial charge on any atom is 0.309 e. The molecule has 1 aromatic carbocycles. The number of ether oxygens (including phenoxy) is 1. The van der Waals surface area contributed by atoms with Crippen molar-refractivity contribution in [2.45, 2.75) is 24.9 Å². The molecule has 0 spiro atoms. The molecule has 1 N–H and O–H groups in total. The van der Waals surface area contributed by atoms with Crippen molar-refractivity contribution in [3.8, 4) is 0 Å². The molecule has 0 unspecified atom stereocenters. The van der Waals surface area contributed by atoms with E-state index < -0.39 is 0 Å². The van der Waals surface area contributed by atoms with Gasteiger partial charge in [-0.2, -0.15) is 0 Å². The molecule has 0 saturated carbocycles. The van der Waals surface area contributed by atoms with Crippen LogP contribution in [0.4, 0.5) is 0 Å². The van der Waals surface area contributed by atoms with Gasteiger partial charge in [0.1, 0.15) is 0 Å². The Balaban J connectivity index is 1.37. The van der Waals surface area contributed by atoms with Crippen molar-refractivity contribution in [1.82, 2.24) is 24.5 Å². The summed E-state index contributed by atoms with van der Waals surface area (Å²) in [6.07, 6.45) is 1.32. The molecule has 4 rings (SSSR count). The Hall–Kier alpha value is -2.55. The fourth-order valence-corrected chi connectivity index (χ4v) is 4.24. The third-order valence-electron chi connectivity index (χ3n) is 4.80. The van der Waals surface area contributed by atoms with E-state index in [1.165, 1.54) is 11.8 Å². The summed E-state index contributed by atoms with van der Waals surface area (Å²) in [5.41, 5.74) is 1.85. The molecular weight excluding hydrogens is 366 g/mol. The van der Waals surface area contributed by atoms with Gasteiger partial charge in [-0.25, -0.2) is 10.1 Å². The van der Waals surface area contributed by atoms with E-state index in [1.54, 1.807) is 0 Å². The number of esters is 1. The lowest BCUT2D eigenvalue weighted by molar-refractivity contribution is -0.151. The highest BCUT2D eigenvalue weighted by Gasteiger charge is 2.28. The predicted molar refractivity (Wildman–Crippen MR) is 102 cm³/mol. The van der Waals surface area contributed by atoms with Gasteiger partial charge in [0.2, 0.25) is 11.7 Å². The van der Waals surface area contributed by atoms with Gasteiger partial charge in [-0.15, -0.1) is 5.10 Å². The number of imidazole rings is 1. The second-order valence-electron chi connectivity index (χ2n) is 6.46. The summed E-state index contributed by atoms with van der Waals surface area (Å²) in [6, 6.07) is 7.83. The van der Waals surface area contributed by atoms with E-state index >= 15 is 0 Å². The zero-order valence-corrected chi connectivity index (χ0v) is 15.9. The second kappa shape index (κ2) is 7.59. The molecule has 8 nitrogen and oxygen atoms in total. The van der Waals surface area contributed by atoms with E-state index in [2.05, 4.69) is 15.2 Å². The maximum atomic E-state index is 12.6. The Morgan fingerprint density at radius 2 is 2.07 bits per heavy atom. The zero-order valence-electron chi connectivity index (χ0n) is 15.1. The number of carbonyl (C=O) groups is 2. The van der Waals surface area contributed by atoms with Crippen LogP contribution in [0.3, 0.4) is 0 Å². The van der Waals surface area contributed by atoms with Gasteiger partial charge in [0.15, 0.2) is 5.16 Å². The number of nitrogens with zero attached hydrogens (tertiary/aromatic N) is 4. The molecule has 142 valence electrons. The van der Waals surface area contributed by atoms with E-state index in [4.69, 9.17) is 4.74 Å². The van der Waals surface area contributed by atoms with E-state index in [0.29, 0.717) is 49.2 Å². The Bertz CT molecular complexity index is 974. The number of aromatic nitrogens is 4. The summed E-state index contributed by atoms with van der Waals surface area (Å²) in [5, 5.41) is 7.92. The van der Waals surface area contributed by atoms with Crippen LogP contribution in [0.15, 0.2) is 29.4 Å². The number of hydrogen-bond acceptors (Lipinski definition) is 6. The fraction of sp³-hybridized carbons (Fsp3) is 0.444. The molecule has 1 fully saturated rings. The van der Waals surface area contributed by atoms with E-state index in [1.807, 2.05) is 40.5 Å². The van der Waals surface area contributed by atoms with Crippen LogP contribution in [0.25, 0.3) is 16.8 Å². The van der Waals surface area contributed by atoms with Crippen LogP contribution < -0.4 is 0 Å². The fourth-order valence-electron chi connectivity index (χ4n) is 3.38. The number of hydrogen-bond donors (Lipinski definition) is 1. The first-order valence-corrected chi connectivity index (χ1v) is 10.0. The molecular formula is C18H21N5O3S. The number of amides is 1. The SMILES string of the molecule is CCOC(=O)C1CCN(C(=O)CSc2n[nH]c3nc4ccccc4n23)CC1. The molecule has 9 heteroatoms. The van der Waals surface area contributed by atoms with Gasteiger partial charge in [-0.05, 0) is 31.9 Å². The van der Waals surface area contributed by atoms with Crippen molar-refractivity contribution in [3.63, 3.8) is 0 Å². The highest BCUT2D eigenvalue weighted by Crippen LogP contribution is 2.24. The molecule has 0 atom stereocenters. The average molecular weight is 387 g/mol. The summed E-state index contributed by atoms with van der Waals surface area (Å²) >= 11 is 1.39. The van der Waals surface area contributed by atoms with E-state index in [0.717, 1.165) is 11.0 Å². The number of carbonyl (C=O) groups excluding carboxylic acids is 2. The average Bonchev–Trinajstić information content (AvgIpc) is 3.25. The largest absolute Gasteiger partial charge is 0.466 e. The number of benzene rings is 1. The highest BCUT2D eigenvalue weighted by molar-refractivity contribution is 7.99. The summed E-state index contributed by atoms with van der Waals surface area (Å²) in [5.74, 6) is 0.787. The number of para-hydroxylation sites is 2. The van der Waals surface area contributed by atoms with Gasteiger partial charge in [0.25, 0.3) is 0 Å². The Labute approximate surface area is 160 Å². The predicted octanol–water partition coefficient (Wildman–Crippen LogP) is 2.10. The number of rotatable bonds is 5. The number of fused-ring (bicyclic) bond motifs is 3. The van der Waals surface area contributed by atoms with Gasteiger partial charge in [0, 0.05) is 13.1 Å². The van der Waals surface area contributed by atoms with Gasteiger partial charge < -0.3 is 9.64 Å². The molecule has 27 heavy (non-hydrogen) atoms. The molecule has 1 saturated heterocycles. The number of aromatic amines is 1. The zero-order chi connectivity index (χ0) is 18.8. The monoisotopic (exact) mass is 387 g/mol. The molecule has 0 bridgehead atoms. The first-order chi connectivity index (χ1) is 13.2. The normalized spacial score (nSPS) is 15.5. The minimum absolute atomic E-state index is 0.0582. The first kappa shape index (κ1) is 17.8. The van der Waals surface area contributed by atoms with Gasteiger partial charge >= 0.3 is 5.97 Å². The Morgan fingerprint density at radius 1 is 1.30 bits per heavy atom. The van der Waals surface area contributed by atoms with Crippen LogP contribution in [0, 0.1) is 5.92 Å². The molecule has 3 aromatic rings. The Morgan fingerprint density at radius 3 is 2.85 bits per heavy atom. The number of nitrogens with one attached hydrogen (secondary N) is 1. The number of likely N-dealkylation sites (tertiary alicyclic amines) is 1. The smallest absolute Gasteiger partial charge is 0.309 e. The summed E-state index contributed by atoms with van der Waals surface area (Å²) < 4.78 is 7.01. The standard InChI is InChI=1S/C18H21N5O3S/c1-2-26-16(25)12-7-9-22(10-8-12)15(24)11-27-18-21-20-17-19-13-5-3-4-6-14(13)23(17)18/h3-6,12H,2,7-11H2,1H3,(H,19,20). The number of thioether (sulfide) groups is 1. The van der Waals surface area contributed by atoms with Crippen molar-refractivity contribution in [1.29, 1.82) is 0 Å². The number of H-pyrrole nitrogens is 1. The van der Waals surface area contributed by atoms with E-state index in [9.17, 15) is 9.59 Å². The lowest BCUT2D eigenvalue weighted by Crippen LogP contribution is -2.41. The highest BCUT2D eigenvalue weighted by atomic mass is 32.2. The van der Waals surface area contributed by atoms with Gasteiger partial charge in [-0.1, -0.05) is 23.9 Å². The molecule has 2 aromatic heterocycles. The van der Waals surface area contributed by atoms with Crippen LogP contribution in [-0.2, 0) is 14.3 Å². The van der Waals surface area contributed by atoms with Crippen LogP contribution in [0.5, 0.6) is 0 Å². The molecule has 0 aliphatic carbocycles. The third kappa shape index (κ3) is 3.51. The van der Waals surface area contributed by atoms with Crippen LogP contribution in [-0.4, -0.2) is 61.8 Å². The van der Waals surface area contributed by atoms with Crippen molar-refractivity contribution < 1.29 is 14.3 Å². The van der Waals surface area contributed by atoms with E-state index in [-0.39, 0.29) is 17.8 Å². The molecule has 1 aliphatic rings. The van der Waals surface area contributed by atoms with Crippen LogP contribution in [0.1, 0.15) is 19.8 Å².